The second-order valence-electron chi connectivity index (χ2n) is 8.77. The van der Waals surface area contributed by atoms with Crippen LogP contribution in [0, 0.1) is 0 Å². The minimum absolute atomic E-state index is 0.0620. The number of hydrogen-bond donors (Lipinski definition) is 1. The fourth-order valence-corrected chi connectivity index (χ4v) is 5.68. The SMILES string of the molecule is CCOC(=O)c1ccc(N=C2SC(CC(=O)Nc3cc(Cl)cc(Cl)c3)C(=O)N2CCc2ccc(OC)cc2)cc1. The normalized spacial score (nSPS) is 15.8. The van der Waals surface area contributed by atoms with Crippen LogP contribution in [-0.2, 0) is 20.7 Å². The number of rotatable bonds is 10. The minimum Gasteiger partial charge on any atom is -0.497 e. The van der Waals surface area contributed by atoms with Crippen molar-refractivity contribution in [1.29, 1.82) is 0 Å². The third-order valence-electron chi connectivity index (χ3n) is 5.92. The number of anilines is 1. The Bertz CT molecular complexity index is 1390. The minimum atomic E-state index is -0.664. The molecular formula is C29H27Cl2N3O5S. The lowest BCUT2D eigenvalue weighted by molar-refractivity contribution is -0.128. The maximum atomic E-state index is 13.5. The van der Waals surface area contributed by atoms with Crippen LogP contribution in [0.4, 0.5) is 11.4 Å². The van der Waals surface area contributed by atoms with Crippen LogP contribution in [0.15, 0.2) is 71.7 Å². The average Bonchev–Trinajstić information content (AvgIpc) is 3.20. The highest BCUT2D eigenvalue weighted by Gasteiger charge is 2.39. The van der Waals surface area contributed by atoms with Gasteiger partial charge < -0.3 is 14.8 Å². The molecule has 8 nitrogen and oxygen atoms in total. The Morgan fingerprint density at radius 3 is 2.33 bits per heavy atom. The van der Waals surface area contributed by atoms with Gasteiger partial charge in [-0.2, -0.15) is 0 Å². The molecule has 4 rings (SSSR count). The van der Waals surface area contributed by atoms with Gasteiger partial charge in [-0.15, -0.1) is 0 Å². The summed E-state index contributed by atoms with van der Waals surface area (Å²) in [7, 11) is 1.61. The maximum absolute atomic E-state index is 13.5. The van der Waals surface area contributed by atoms with E-state index < -0.39 is 11.2 Å². The molecule has 0 radical (unpaired) electrons. The highest BCUT2D eigenvalue weighted by molar-refractivity contribution is 8.15. The van der Waals surface area contributed by atoms with E-state index in [9.17, 15) is 14.4 Å². The summed E-state index contributed by atoms with van der Waals surface area (Å²) in [6, 6.07) is 19.0. The molecule has 11 heteroatoms. The number of aliphatic imine (C=N–C) groups is 1. The number of nitrogens with zero attached hydrogens (tertiary/aromatic N) is 2. The van der Waals surface area contributed by atoms with Crippen molar-refractivity contribution in [2.75, 3.05) is 25.6 Å². The first kappa shape index (κ1) is 29.5. The summed E-state index contributed by atoms with van der Waals surface area (Å²) in [5.74, 6) is -0.226. The Labute approximate surface area is 246 Å². The van der Waals surface area contributed by atoms with Crippen molar-refractivity contribution >= 4 is 69.3 Å². The van der Waals surface area contributed by atoms with Gasteiger partial charge >= 0.3 is 5.97 Å². The van der Waals surface area contributed by atoms with E-state index in [-0.39, 0.29) is 24.8 Å². The lowest BCUT2D eigenvalue weighted by Crippen LogP contribution is -2.35. The first-order chi connectivity index (χ1) is 19.2. The lowest BCUT2D eigenvalue weighted by Gasteiger charge is -2.17. The number of methoxy groups -OCH3 is 1. The Balaban J connectivity index is 1.52. The van der Waals surface area contributed by atoms with E-state index in [0.717, 1.165) is 11.3 Å². The molecule has 1 aliphatic rings. The van der Waals surface area contributed by atoms with Gasteiger partial charge in [-0.05, 0) is 73.5 Å². The van der Waals surface area contributed by atoms with E-state index in [4.69, 9.17) is 32.7 Å². The molecule has 0 aromatic heterocycles. The highest BCUT2D eigenvalue weighted by Crippen LogP contribution is 2.33. The zero-order valence-electron chi connectivity index (χ0n) is 21.9. The van der Waals surface area contributed by atoms with E-state index in [2.05, 4.69) is 10.3 Å². The number of halogens is 2. The molecule has 1 atom stereocenters. The summed E-state index contributed by atoms with van der Waals surface area (Å²) < 4.78 is 10.3. The zero-order valence-corrected chi connectivity index (χ0v) is 24.2. The van der Waals surface area contributed by atoms with Crippen molar-refractivity contribution in [3.05, 3.63) is 87.9 Å². The summed E-state index contributed by atoms with van der Waals surface area (Å²) >= 11 is 13.3. The van der Waals surface area contributed by atoms with E-state index >= 15 is 0 Å². The first-order valence-corrected chi connectivity index (χ1v) is 14.1. The summed E-state index contributed by atoms with van der Waals surface area (Å²) in [5, 5.41) is 3.35. The molecule has 1 fully saturated rings. The number of amidine groups is 1. The highest BCUT2D eigenvalue weighted by atomic mass is 35.5. The molecule has 0 bridgehead atoms. The van der Waals surface area contributed by atoms with Gasteiger partial charge in [-0.3, -0.25) is 14.5 Å². The van der Waals surface area contributed by atoms with Crippen molar-refractivity contribution in [3.8, 4) is 5.75 Å². The van der Waals surface area contributed by atoms with Gasteiger partial charge in [0, 0.05) is 28.7 Å². The van der Waals surface area contributed by atoms with Gasteiger partial charge in [0.2, 0.25) is 11.8 Å². The van der Waals surface area contributed by atoms with Crippen molar-refractivity contribution in [2.45, 2.75) is 25.0 Å². The van der Waals surface area contributed by atoms with Gasteiger partial charge in [0.1, 0.15) is 11.0 Å². The van der Waals surface area contributed by atoms with Crippen LogP contribution in [0.1, 0.15) is 29.3 Å². The van der Waals surface area contributed by atoms with Crippen molar-refractivity contribution in [1.82, 2.24) is 4.90 Å². The van der Waals surface area contributed by atoms with Crippen LogP contribution in [-0.4, -0.2) is 53.4 Å². The quantitative estimate of drug-likeness (QED) is 0.271. The summed E-state index contributed by atoms with van der Waals surface area (Å²) in [6.07, 6.45) is 0.518. The van der Waals surface area contributed by atoms with E-state index in [0.29, 0.717) is 45.1 Å². The standard InChI is InChI=1S/C29H27Cl2N3O5S/c1-3-39-28(37)19-6-8-22(9-7-19)33-29-34(13-12-18-4-10-24(38-2)11-5-18)27(36)25(40-29)17-26(35)32-23-15-20(30)14-21(31)16-23/h4-11,14-16,25H,3,12-13,17H2,1-2H3,(H,32,35). The molecule has 0 aliphatic carbocycles. The maximum Gasteiger partial charge on any atom is 0.338 e. The molecule has 1 unspecified atom stereocenters. The second kappa shape index (κ2) is 13.7. The Hall–Kier alpha value is -3.53. The number of carbonyl (C=O) groups is 3. The van der Waals surface area contributed by atoms with Crippen molar-refractivity contribution in [2.24, 2.45) is 4.99 Å². The van der Waals surface area contributed by atoms with Gasteiger partial charge in [0.25, 0.3) is 0 Å². The fourth-order valence-electron chi connectivity index (χ4n) is 3.97. The molecule has 1 aliphatic heterocycles. The predicted octanol–water partition coefficient (Wildman–Crippen LogP) is 6.38. The van der Waals surface area contributed by atoms with E-state index in [1.807, 2.05) is 24.3 Å². The van der Waals surface area contributed by atoms with Gasteiger partial charge in [0.05, 0.1) is 25.0 Å². The molecule has 40 heavy (non-hydrogen) atoms. The zero-order chi connectivity index (χ0) is 28.6. The Morgan fingerprint density at radius 1 is 1.02 bits per heavy atom. The Kier molecular flexibility index (Phi) is 10.1. The van der Waals surface area contributed by atoms with Crippen LogP contribution in [0.5, 0.6) is 5.75 Å². The average molecular weight is 601 g/mol. The number of hydrogen-bond acceptors (Lipinski definition) is 7. The van der Waals surface area contributed by atoms with Crippen molar-refractivity contribution < 1.29 is 23.9 Å². The molecule has 208 valence electrons. The molecular weight excluding hydrogens is 573 g/mol. The number of amides is 2. The molecule has 0 saturated carbocycles. The summed E-state index contributed by atoms with van der Waals surface area (Å²) in [4.78, 5) is 44.6. The molecule has 3 aromatic carbocycles. The van der Waals surface area contributed by atoms with Crippen LogP contribution >= 0.6 is 35.0 Å². The summed E-state index contributed by atoms with van der Waals surface area (Å²) in [5.41, 5.74) is 2.45. The molecule has 0 spiro atoms. The second-order valence-corrected chi connectivity index (χ2v) is 10.8. The number of esters is 1. The number of thioether (sulfide) groups is 1. The smallest absolute Gasteiger partial charge is 0.338 e. The molecule has 1 saturated heterocycles. The van der Waals surface area contributed by atoms with Crippen LogP contribution < -0.4 is 10.1 Å². The third-order valence-corrected chi connectivity index (χ3v) is 7.54. The molecule has 2 amide bonds. The first-order valence-electron chi connectivity index (χ1n) is 12.5. The Morgan fingerprint density at radius 2 is 1.70 bits per heavy atom. The van der Waals surface area contributed by atoms with Crippen LogP contribution in [0.3, 0.4) is 0 Å². The van der Waals surface area contributed by atoms with Crippen LogP contribution in [0.2, 0.25) is 10.0 Å². The van der Waals surface area contributed by atoms with E-state index in [1.165, 1.54) is 11.8 Å². The monoisotopic (exact) mass is 599 g/mol. The molecule has 3 aromatic rings. The molecule has 1 N–H and O–H groups in total. The molecule has 1 heterocycles. The number of benzene rings is 3. The fraction of sp³-hybridized carbons (Fsp3) is 0.241. The van der Waals surface area contributed by atoms with Gasteiger partial charge in [-0.25, -0.2) is 9.79 Å². The van der Waals surface area contributed by atoms with E-state index in [1.54, 1.807) is 61.4 Å². The largest absolute Gasteiger partial charge is 0.497 e. The summed E-state index contributed by atoms with van der Waals surface area (Å²) in [6.45, 7) is 2.40. The number of carbonyl (C=O) groups excluding carboxylic acids is 3. The van der Waals surface area contributed by atoms with Crippen LogP contribution in [0.25, 0.3) is 0 Å². The number of nitrogens with one attached hydrogen (secondary N) is 1. The van der Waals surface area contributed by atoms with Crippen molar-refractivity contribution in [3.63, 3.8) is 0 Å². The third kappa shape index (κ3) is 7.78. The number of ether oxygens (including phenoxy) is 2. The van der Waals surface area contributed by atoms with Gasteiger partial charge in [0.15, 0.2) is 5.17 Å². The lowest BCUT2D eigenvalue weighted by atomic mass is 10.1. The van der Waals surface area contributed by atoms with Gasteiger partial charge in [-0.1, -0.05) is 47.1 Å². The predicted molar refractivity (Wildman–Crippen MR) is 159 cm³/mol. The topological polar surface area (TPSA) is 97.3 Å².